The van der Waals surface area contributed by atoms with Crippen molar-refractivity contribution in [1.82, 2.24) is 24.4 Å². The maximum absolute atomic E-state index is 5.04. The Hall–Kier alpha value is -1.08. The summed E-state index contributed by atoms with van der Waals surface area (Å²) >= 11 is 6.38. The fourth-order valence-corrected chi connectivity index (χ4v) is 2.07. The number of nitrogens with one attached hydrogen (secondary N) is 1. The van der Waals surface area contributed by atoms with E-state index in [-0.39, 0.29) is 0 Å². The van der Waals surface area contributed by atoms with Gasteiger partial charge in [-0.2, -0.15) is 5.10 Å². The first-order chi connectivity index (χ1) is 6.74. The van der Waals surface area contributed by atoms with Crippen LogP contribution < -0.4 is 0 Å². The van der Waals surface area contributed by atoms with E-state index in [9.17, 15) is 0 Å². The van der Waals surface area contributed by atoms with E-state index in [2.05, 4.69) is 19.8 Å². The molecule has 2 rings (SSSR count). The van der Waals surface area contributed by atoms with Crippen LogP contribution in [0, 0.1) is 4.77 Å². The fourth-order valence-electron chi connectivity index (χ4n) is 1.16. The Morgan fingerprint density at radius 3 is 2.93 bits per heavy atom. The number of aryl methyl sites for hydroxylation is 1. The van der Waals surface area contributed by atoms with Gasteiger partial charge >= 0.3 is 0 Å². The lowest BCUT2D eigenvalue weighted by Crippen LogP contribution is -1.93. The van der Waals surface area contributed by atoms with E-state index < -0.39 is 0 Å². The molecular formula is C7H9N5S2. The van der Waals surface area contributed by atoms with E-state index in [0.29, 0.717) is 4.77 Å². The average Bonchev–Trinajstić information content (AvgIpc) is 2.75. The summed E-state index contributed by atoms with van der Waals surface area (Å²) in [6.07, 6.45) is 0.853. The van der Waals surface area contributed by atoms with Crippen LogP contribution in [0.2, 0.25) is 0 Å². The first-order valence-electron chi connectivity index (χ1n) is 4.17. The van der Waals surface area contributed by atoms with E-state index in [1.54, 1.807) is 0 Å². The summed E-state index contributed by atoms with van der Waals surface area (Å²) in [4.78, 5) is 0.988. The summed E-state index contributed by atoms with van der Waals surface area (Å²) in [6.45, 7) is 2.04. The molecule has 0 atom stereocenters. The molecule has 0 spiro atoms. The van der Waals surface area contributed by atoms with Crippen LogP contribution in [-0.2, 0) is 13.5 Å². The minimum atomic E-state index is 0.607. The third kappa shape index (κ3) is 1.38. The van der Waals surface area contributed by atoms with Crippen molar-refractivity contribution in [2.24, 2.45) is 7.05 Å². The zero-order valence-corrected chi connectivity index (χ0v) is 9.45. The van der Waals surface area contributed by atoms with Crippen LogP contribution in [0.3, 0.4) is 0 Å². The summed E-state index contributed by atoms with van der Waals surface area (Å²) in [5.74, 6) is 0.807. The molecular weight excluding hydrogens is 218 g/mol. The Morgan fingerprint density at radius 1 is 1.57 bits per heavy atom. The highest BCUT2D eigenvalue weighted by molar-refractivity contribution is 7.71. The third-order valence-corrected chi connectivity index (χ3v) is 3.10. The molecule has 1 N–H and O–H groups in total. The second kappa shape index (κ2) is 3.58. The van der Waals surface area contributed by atoms with Crippen molar-refractivity contribution in [3.63, 3.8) is 0 Å². The van der Waals surface area contributed by atoms with Gasteiger partial charge in [-0.1, -0.05) is 11.4 Å². The molecule has 0 bridgehead atoms. The molecule has 0 saturated carbocycles. The molecule has 0 radical (unpaired) electrons. The average molecular weight is 227 g/mol. The van der Waals surface area contributed by atoms with Crippen LogP contribution >= 0.6 is 23.8 Å². The lowest BCUT2D eigenvalue weighted by Gasteiger charge is -1.96. The SMILES string of the molecule is CCc1nnsc1-c1n[nH]c(=S)n1C. The zero-order valence-electron chi connectivity index (χ0n) is 7.81. The smallest absolute Gasteiger partial charge is 0.195 e. The Kier molecular flexibility index (Phi) is 2.42. The van der Waals surface area contributed by atoms with Crippen molar-refractivity contribution < 1.29 is 0 Å². The second-order valence-corrected chi connectivity index (χ2v) is 3.95. The number of rotatable bonds is 2. The first-order valence-corrected chi connectivity index (χ1v) is 5.35. The monoisotopic (exact) mass is 227 g/mol. The maximum Gasteiger partial charge on any atom is 0.195 e. The lowest BCUT2D eigenvalue weighted by molar-refractivity contribution is 0.898. The van der Waals surface area contributed by atoms with Gasteiger partial charge in [0.05, 0.1) is 5.69 Å². The van der Waals surface area contributed by atoms with Crippen molar-refractivity contribution in [2.45, 2.75) is 13.3 Å². The van der Waals surface area contributed by atoms with Gasteiger partial charge in [0, 0.05) is 7.05 Å². The van der Waals surface area contributed by atoms with E-state index in [4.69, 9.17) is 12.2 Å². The van der Waals surface area contributed by atoms with Crippen LogP contribution in [-0.4, -0.2) is 24.4 Å². The Balaban J connectivity index is 2.60. The van der Waals surface area contributed by atoms with Gasteiger partial charge in [0.25, 0.3) is 0 Å². The number of aromatic nitrogens is 5. The highest BCUT2D eigenvalue weighted by Gasteiger charge is 2.13. The van der Waals surface area contributed by atoms with Crippen molar-refractivity contribution in [3.8, 4) is 10.7 Å². The zero-order chi connectivity index (χ0) is 10.1. The molecule has 0 aliphatic heterocycles. The van der Waals surface area contributed by atoms with Gasteiger partial charge in [0.15, 0.2) is 10.6 Å². The van der Waals surface area contributed by atoms with E-state index in [1.165, 1.54) is 11.5 Å². The van der Waals surface area contributed by atoms with Gasteiger partial charge < -0.3 is 4.57 Å². The topological polar surface area (TPSA) is 59.4 Å². The van der Waals surface area contributed by atoms with E-state index in [0.717, 1.165) is 22.8 Å². The summed E-state index contributed by atoms with van der Waals surface area (Å²) < 4.78 is 6.34. The van der Waals surface area contributed by atoms with Crippen LogP contribution in [0.15, 0.2) is 0 Å². The largest absolute Gasteiger partial charge is 0.303 e. The Bertz CT molecular complexity index is 494. The summed E-state index contributed by atoms with van der Waals surface area (Å²) in [5, 5.41) is 10.9. The molecule has 14 heavy (non-hydrogen) atoms. The van der Waals surface area contributed by atoms with Crippen molar-refractivity contribution in [3.05, 3.63) is 10.5 Å². The van der Waals surface area contributed by atoms with Gasteiger partial charge in [0.1, 0.15) is 4.88 Å². The van der Waals surface area contributed by atoms with Crippen molar-refractivity contribution >= 4 is 23.8 Å². The van der Waals surface area contributed by atoms with Crippen LogP contribution in [0.4, 0.5) is 0 Å². The quantitative estimate of drug-likeness (QED) is 0.791. The number of H-pyrrole nitrogens is 1. The number of hydrogen-bond acceptors (Lipinski definition) is 5. The van der Waals surface area contributed by atoms with E-state index in [1.807, 2.05) is 18.5 Å². The summed E-state index contributed by atoms with van der Waals surface area (Å²) in [5.41, 5.74) is 0.965. The molecule has 2 aromatic rings. The maximum atomic E-state index is 5.04. The molecule has 0 fully saturated rings. The van der Waals surface area contributed by atoms with Crippen LogP contribution in [0.5, 0.6) is 0 Å². The molecule has 5 nitrogen and oxygen atoms in total. The van der Waals surface area contributed by atoms with Crippen LogP contribution in [0.1, 0.15) is 12.6 Å². The Morgan fingerprint density at radius 2 is 2.36 bits per heavy atom. The minimum absolute atomic E-state index is 0.607. The van der Waals surface area contributed by atoms with Crippen molar-refractivity contribution in [1.29, 1.82) is 0 Å². The fraction of sp³-hybridized carbons (Fsp3) is 0.429. The summed E-state index contributed by atoms with van der Waals surface area (Å²) in [7, 11) is 1.88. The van der Waals surface area contributed by atoms with Gasteiger partial charge in [-0.3, -0.25) is 5.10 Å². The molecule has 0 aliphatic carbocycles. The highest BCUT2D eigenvalue weighted by Crippen LogP contribution is 2.23. The number of nitrogens with zero attached hydrogens (tertiary/aromatic N) is 4. The van der Waals surface area contributed by atoms with Crippen LogP contribution in [0.25, 0.3) is 10.7 Å². The lowest BCUT2D eigenvalue weighted by atomic mass is 10.3. The summed E-state index contributed by atoms with van der Waals surface area (Å²) in [6, 6.07) is 0. The molecule has 2 heterocycles. The van der Waals surface area contributed by atoms with E-state index >= 15 is 0 Å². The molecule has 74 valence electrons. The highest BCUT2D eigenvalue weighted by atomic mass is 32.1. The van der Waals surface area contributed by atoms with Gasteiger partial charge in [0.2, 0.25) is 0 Å². The molecule has 7 heteroatoms. The molecule has 0 saturated heterocycles. The third-order valence-electron chi connectivity index (χ3n) is 1.97. The Labute approximate surface area is 90.0 Å². The normalized spacial score (nSPS) is 10.7. The van der Waals surface area contributed by atoms with Gasteiger partial charge in [-0.05, 0) is 30.2 Å². The molecule has 0 aromatic carbocycles. The molecule has 2 aromatic heterocycles. The predicted octanol–water partition coefficient (Wildman–Crippen LogP) is 1.56. The van der Waals surface area contributed by atoms with Gasteiger partial charge in [-0.15, -0.1) is 5.10 Å². The number of aromatic amines is 1. The molecule has 0 amide bonds. The standard InChI is InChI=1S/C7H9N5S2/c1-3-4-5(14-11-8-4)6-9-10-7(13)12(6)2/h3H2,1-2H3,(H,10,13). The molecule has 0 aliphatic rings. The minimum Gasteiger partial charge on any atom is -0.303 e. The number of hydrogen-bond donors (Lipinski definition) is 1. The van der Waals surface area contributed by atoms with Gasteiger partial charge in [-0.25, -0.2) is 0 Å². The molecule has 0 unspecified atom stereocenters. The first kappa shape index (κ1) is 9.47. The van der Waals surface area contributed by atoms with Crippen molar-refractivity contribution in [2.75, 3.05) is 0 Å². The predicted molar refractivity (Wildman–Crippen MR) is 56.7 cm³/mol. The second-order valence-electron chi connectivity index (χ2n) is 2.81.